The average Bonchev–Trinajstić information content (AvgIpc) is 3.38. The molecule has 1 aromatic rings. The summed E-state index contributed by atoms with van der Waals surface area (Å²) in [6.45, 7) is 6.16. The van der Waals surface area contributed by atoms with Crippen molar-refractivity contribution in [3.8, 4) is 5.75 Å². The first kappa shape index (κ1) is 20.2. The summed E-state index contributed by atoms with van der Waals surface area (Å²) in [5.41, 5.74) is 0.292. The highest BCUT2D eigenvalue weighted by Crippen LogP contribution is 2.40. The number of nitrogens with zero attached hydrogens (tertiary/aromatic N) is 1. The third kappa shape index (κ3) is 4.16. The molecule has 1 amide bonds. The van der Waals surface area contributed by atoms with Gasteiger partial charge in [-0.05, 0) is 31.5 Å². The molecule has 0 radical (unpaired) electrons. The van der Waals surface area contributed by atoms with Crippen molar-refractivity contribution in [3.05, 3.63) is 18.2 Å². The molecule has 144 valence electrons. The highest BCUT2D eigenvalue weighted by Gasteiger charge is 2.48. The number of anilines is 1. The number of rotatable bonds is 9. The Kier molecular flexibility index (Phi) is 6.25. The quantitative estimate of drug-likeness (QED) is 0.671. The standard InChI is InChI=1S/C17H24N2O6S/c1-4-19(5-2)26(23,24)15-9-11(7-8-14(15)25-6-3)18-16(20)12-10-13(12)17(21)22/h7-9,12-13H,4-6,10H2,1-3H3,(H,18,20)(H,21,22). The first-order valence-corrected chi connectivity index (χ1v) is 10.0. The van der Waals surface area contributed by atoms with Crippen LogP contribution in [-0.2, 0) is 19.6 Å². The van der Waals surface area contributed by atoms with E-state index in [4.69, 9.17) is 9.84 Å². The van der Waals surface area contributed by atoms with Gasteiger partial charge < -0.3 is 15.2 Å². The average molecular weight is 384 g/mol. The molecule has 2 unspecified atom stereocenters. The number of aliphatic carboxylic acids is 1. The summed E-state index contributed by atoms with van der Waals surface area (Å²) < 4.78 is 32.5. The van der Waals surface area contributed by atoms with E-state index in [0.29, 0.717) is 31.8 Å². The van der Waals surface area contributed by atoms with Crippen molar-refractivity contribution in [1.29, 1.82) is 0 Å². The predicted molar refractivity (Wildman–Crippen MR) is 95.6 cm³/mol. The van der Waals surface area contributed by atoms with Gasteiger partial charge in [-0.1, -0.05) is 13.8 Å². The smallest absolute Gasteiger partial charge is 0.307 e. The number of hydrogen-bond acceptors (Lipinski definition) is 5. The second kappa shape index (κ2) is 8.05. The molecule has 0 aromatic heterocycles. The van der Waals surface area contributed by atoms with Crippen LogP contribution in [0, 0.1) is 11.8 Å². The summed E-state index contributed by atoms with van der Waals surface area (Å²) in [5, 5.41) is 11.5. The first-order valence-electron chi connectivity index (χ1n) is 8.56. The number of carbonyl (C=O) groups is 2. The number of carbonyl (C=O) groups excluding carboxylic acids is 1. The zero-order valence-electron chi connectivity index (χ0n) is 15.1. The van der Waals surface area contributed by atoms with Gasteiger partial charge in [-0.15, -0.1) is 0 Å². The van der Waals surface area contributed by atoms with Gasteiger partial charge in [0.25, 0.3) is 0 Å². The van der Waals surface area contributed by atoms with Crippen molar-refractivity contribution in [3.63, 3.8) is 0 Å². The molecule has 1 aromatic carbocycles. The van der Waals surface area contributed by atoms with Crippen LogP contribution >= 0.6 is 0 Å². The third-order valence-corrected chi connectivity index (χ3v) is 6.35. The van der Waals surface area contributed by atoms with Gasteiger partial charge in [-0.2, -0.15) is 4.31 Å². The minimum atomic E-state index is -3.78. The lowest BCUT2D eigenvalue weighted by molar-refractivity contribution is -0.139. The fraction of sp³-hybridized carbons (Fsp3) is 0.529. The minimum Gasteiger partial charge on any atom is -0.492 e. The Labute approximate surface area is 153 Å². The summed E-state index contributed by atoms with van der Waals surface area (Å²) in [6, 6.07) is 4.40. The molecule has 0 heterocycles. The van der Waals surface area contributed by atoms with Gasteiger partial charge in [0.1, 0.15) is 10.6 Å². The van der Waals surface area contributed by atoms with Gasteiger partial charge in [0.05, 0.1) is 18.4 Å². The summed E-state index contributed by atoms with van der Waals surface area (Å²) in [6.07, 6.45) is 0.294. The molecule has 0 spiro atoms. The molecule has 0 saturated heterocycles. The van der Waals surface area contributed by atoms with Crippen molar-refractivity contribution in [2.75, 3.05) is 25.0 Å². The van der Waals surface area contributed by atoms with Crippen LogP contribution in [0.25, 0.3) is 0 Å². The molecule has 1 saturated carbocycles. The molecular weight excluding hydrogens is 360 g/mol. The maximum atomic E-state index is 12.9. The van der Waals surface area contributed by atoms with Crippen molar-refractivity contribution in [2.24, 2.45) is 11.8 Å². The molecule has 0 aliphatic heterocycles. The molecule has 2 atom stereocenters. The van der Waals surface area contributed by atoms with E-state index in [1.54, 1.807) is 26.8 Å². The van der Waals surface area contributed by atoms with Crippen LogP contribution in [0.1, 0.15) is 27.2 Å². The normalized spacial score (nSPS) is 19.2. The molecule has 0 bridgehead atoms. The number of carboxylic acids is 1. The monoisotopic (exact) mass is 384 g/mol. The number of benzene rings is 1. The fourth-order valence-corrected chi connectivity index (χ4v) is 4.37. The van der Waals surface area contributed by atoms with E-state index in [9.17, 15) is 18.0 Å². The molecular formula is C17H24N2O6S. The first-order chi connectivity index (χ1) is 12.3. The van der Waals surface area contributed by atoms with Gasteiger partial charge in [-0.3, -0.25) is 9.59 Å². The molecule has 26 heavy (non-hydrogen) atoms. The number of nitrogens with one attached hydrogen (secondary N) is 1. The SMILES string of the molecule is CCOc1ccc(NC(=O)C2CC2C(=O)O)cc1S(=O)(=O)N(CC)CC. The van der Waals surface area contributed by atoms with E-state index < -0.39 is 33.7 Å². The summed E-state index contributed by atoms with van der Waals surface area (Å²) >= 11 is 0. The van der Waals surface area contributed by atoms with E-state index >= 15 is 0 Å². The Morgan fingerprint density at radius 2 is 1.88 bits per heavy atom. The van der Waals surface area contributed by atoms with Gasteiger partial charge in [-0.25, -0.2) is 8.42 Å². The van der Waals surface area contributed by atoms with Gasteiger partial charge in [0.15, 0.2) is 0 Å². The highest BCUT2D eigenvalue weighted by atomic mass is 32.2. The Balaban J connectivity index is 2.31. The fourth-order valence-electron chi connectivity index (χ4n) is 2.76. The van der Waals surface area contributed by atoms with Crippen LogP contribution in [0.15, 0.2) is 23.1 Å². The van der Waals surface area contributed by atoms with E-state index in [1.807, 2.05) is 0 Å². The Morgan fingerprint density at radius 1 is 1.23 bits per heavy atom. The van der Waals surface area contributed by atoms with Crippen molar-refractivity contribution in [2.45, 2.75) is 32.1 Å². The Bertz CT molecular complexity index is 788. The van der Waals surface area contributed by atoms with Crippen molar-refractivity contribution in [1.82, 2.24) is 4.31 Å². The van der Waals surface area contributed by atoms with Gasteiger partial charge in [0.2, 0.25) is 15.9 Å². The lowest BCUT2D eigenvalue weighted by atomic mass is 10.2. The van der Waals surface area contributed by atoms with E-state index in [2.05, 4.69) is 5.32 Å². The van der Waals surface area contributed by atoms with Crippen LogP contribution in [0.2, 0.25) is 0 Å². The van der Waals surface area contributed by atoms with E-state index in [-0.39, 0.29) is 10.6 Å². The van der Waals surface area contributed by atoms with Crippen molar-refractivity contribution >= 4 is 27.6 Å². The van der Waals surface area contributed by atoms with Crippen LogP contribution in [-0.4, -0.2) is 49.4 Å². The molecule has 1 aliphatic carbocycles. The second-order valence-corrected chi connectivity index (χ2v) is 7.87. The zero-order chi connectivity index (χ0) is 19.5. The molecule has 2 N–H and O–H groups in total. The summed E-state index contributed by atoms with van der Waals surface area (Å²) in [7, 11) is -3.78. The number of ether oxygens (including phenoxy) is 1. The highest BCUT2D eigenvalue weighted by molar-refractivity contribution is 7.89. The van der Waals surface area contributed by atoms with E-state index in [1.165, 1.54) is 16.4 Å². The molecule has 8 nitrogen and oxygen atoms in total. The number of amides is 1. The van der Waals surface area contributed by atoms with Crippen LogP contribution in [0.5, 0.6) is 5.75 Å². The molecule has 1 aliphatic rings. The van der Waals surface area contributed by atoms with E-state index in [0.717, 1.165) is 0 Å². The van der Waals surface area contributed by atoms with Gasteiger partial charge in [0, 0.05) is 18.8 Å². The Hall–Kier alpha value is -2.13. The zero-order valence-corrected chi connectivity index (χ0v) is 15.9. The maximum absolute atomic E-state index is 12.9. The number of hydrogen-bond donors (Lipinski definition) is 2. The summed E-state index contributed by atoms with van der Waals surface area (Å²) in [4.78, 5) is 23.0. The largest absolute Gasteiger partial charge is 0.492 e. The molecule has 9 heteroatoms. The van der Waals surface area contributed by atoms with Gasteiger partial charge >= 0.3 is 5.97 Å². The lowest BCUT2D eigenvalue weighted by Gasteiger charge is -2.21. The van der Waals surface area contributed by atoms with Crippen molar-refractivity contribution < 1.29 is 27.9 Å². The second-order valence-electron chi connectivity index (χ2n) is 5.96. The maximum Gasteiger partial charge on any atom is 0.307 e. The number of carboxylic acid groups (broad SMARTS) is 1. The topological polar surface area (TPSA) is 113 Å². The summed E-state index contributed by atoms with van der Waals surface area (Å²) in [5.74, 6) is -2.46. The number of sulfonamides is 1. The lowest BCUT2D eigenvalue weighted by Crippen LogP contribution is -2.31. The van der Waals surface area contributed by atoms with Crippen LogP contribution < -0.4 is 10.1 Å². The molecule has 1 fully saturated rings. The van der Waals surface area contributed by atoms with Crippen LogP contribution in [0.4, 0.5) is 5.69 Å². The minimum absolute atomic E-state index is 0.0218. The molecule has 2 rings (SSSR count). The van der Waals surface area contributed by atoms with Crippen LogP contribution in [0.3, 0.4) is 0 Å². The third-order valence-electron chi connectivity index (χ3n) is 4.28. The Morgan fingerprint density at radius 3 is 2.38 bits per heavy atom. The predicted octanol–water partition coefficient (Wildman–Crippen LogP) is 1.77.